The summed E-state index contributed by atoms with van der Waals surface area (Å²) in [6.07, 6.45) is -3.96. The quantitative estimate of drug-likeness (QED) is 0.662. The predicted octanol–water partition coefficient (Wildman–Crippen LogP) is 2.00. The number of benzene rings is 1. The third kappa shape index (κ3) is 5.16. The number of hydrogen-bond donors (Lipinski definition) is 2. The Morgan fingerprint density at radius 2 is 1.71 bits per heavy atom. The van der Waals surface area contributed by atoms with E-state index in [1.54, 1.807) is 0 Å². The molecule has 2 N–H and O–H groups in total. The van der Waals surface area contributed by atoms with Crippen LogP contribution in [0.15, 0.2) is 42.6 Å². The average molecular weight is 442 g/mol. The van der Waals surface area contributed by atoms with Gasteiger partial charge in [-0.05, 0) is 30.3 Å². The van der Waals surface area contributed by atoms with Crippen LogP contribution in [0.5, 0.6) is 0 Å². The van der Waals surface area contributed by atoms with Gasteiger partial charge in [-0.3, -0.25) is 9.11 Å². The Bertz CT molecular complexity index is 1120. The Morgan fingerprint density at radius 3 is 2.25 bits per heavy atom. The van der Waals surface area contributed by atoms with Crippen molar-refractivity contribution in [3.05, 3.63) is 53.7 Å². The lowest BCUT2D eigenvalue weighted by Crippen LogP contribution is -2.28. The van der Waals surface area contributed by atoms with Gasteiger partial charge in [-0.25, -0.2) is 9.78 Å². The summed E-state index contributed by atoms with van der Waals surface area (Å²) in [7, 11) is -10.6. The minimum Gasteiger partial charge on any atom is -0.320 e. The van der Waals surface area contributed by atoms with Crippen molar-refractivity contribution in [3.63, 3.8) is 0 Å². The molecule has 0 aliphatic heterocycles. The summed E-state index contributed by atoms with van der Waals surface area (Å²) in [6.45, 7) is 0. The fourth-order valence-electron chi connectivity index (χ4n) is 2.03. The molecule has 0 spiro atoms. The van der Waals surface area contributed by atoms with E-state index in [1.807, 2.05) is 0 Å². The highest BCUT2D eigenvalue weighted by Gasteiger charge is 2.34. The van der Waals surface area contributed by atoms with Gasteiger partial charge in [0.1, 0.15) is 5.56 Å². The number of pyridine rings is 1. The molecule has 0 aliphatic rings. The highest BCUT2D eigenvalue weighted by Crippen LogP contribution is 2.35. The molecule has 0 radical (unpaired) electrons. The second kappa shape index (κ2) is 7.34. The Morgan fingerprint density at radius 1 is 1.07 bits per heavy atom. The smallest absolute Gasteiger partial charge is 0.320 e. The van der Waals surface area contributed by atoms with Gasteiger partial charge in [-0.1, -0.05) is 6.07 Å². The maximum absolute atomic E-state index is 12.9. The SMILES string of the molecule is O=C(OS(=O)(=O)O)c1cccnc1N(c1cccc(C(F)(F)F)c1)S(=O)(=O)O. The first-order valence-electron chi connectivity index (χ1n) is 6.81. The number of carbonyl (C=O) groups is 1. The molecule has 0 atom stereocenters. The monoisotopic (exact) mass is 442 g/mol. The molecule has 0 aliphatic carbocycles. The molecule has 0 saturated heterocycles. The van der Waals surface area contributed by atoms with E-state index in [2.05, 4.69) is 9.17 Å². The second-order valence-electron chi connectivity index (χ2n) is 4.96. The number of anilines is 2. The zero-order chi connectivity index (χ0) is 21.3. The third-order valence-electron chi connectivity index (χ3n) is 3.02. The lowest BCUT2D eigenvalue weighted by Gasteiger charge is -2.22. The molecule has 10 nitrogen and oxygen atoms in total. The fraction of sp³-hybridized carbons (Fsp3) is 0.0769. The molecule has 15 heteroatoms. The van der Waals surface area contributed by atoms with E-state index in [1.165, 1.54) is 0 Å². The largest absolute Gasteiger partial charge is 0.449 e. The van der Waals surface area contributed by atoms with Gasteiger partial charge < -0.3 is 4.18 Å². The first-order chi connectivity index (χ1) is 12.7. The summed E-state index contributed by atoms with van der Waals surface area (Å²) in [5.74, 6) is -2.77. The Labute approximate surface area is 156 Å². The first-order valence-corrected chi connectivity index (χ1v) is 9.57. The molecule has 1 aromatic carbocycles. The first kappa shape index (κ1) is 21.5. The van der Waals surface area contributed by atoms with Gasteiger partial charge in [0.05, 0.1) is 11.3 Å². The normalized spacial score (nSPS) is 12.5. The summed E-state index contributed by atoms with van der Waals surface area (Å²) in [6, 6.07) is 4.50. The zero-order valence-electron chi connectivity index (χ0n) is 13.2. The highest BCUT2D eigenvalue weighted by atomic mass is 32.3. The second-order valence-corrected chi connectivity index (χ2v) is 7.25. The predicted molar refractivity (Wildman–Crippen MR) is 86.3 cm³/mol. The van der Waals surface area contributed by atoms with Crippen molar-refractivity contribution >= 4 is 38.2 Å². The number of carbonyl (C=O) groups excluding carboxylic acids is 1. The Balaban J connectivity index is 2.70. The summed E-state index contributed by atoms with van der Waals surface area (Å²) < 4.78 is 105. The van der Waals surface area contributed by atoms with Crippen LogP contribution in [0.2, 0.25) is 0 Å². The molecular formula is C13H9F3N2O8S2. The number of nitrogens with zero attached hydrogens (tertiary/aromatic N) is 2. The maximum Gasteiger partial charge on any atom is 0.449 e. The summed E-state index contributed by atoms with van der Waals surface area (Å²) in [5, 5.41) is 0. The van der Waals surface area contributed by atoms with Crippen LogP contribution in [0, 0.1) is 0 Å². The molecule has 1 heterocycles. The van der Waals surface area contributed by atoms with E-state index in [-0.39, 0.29) is 4.31 Å². The minimum absolute atomic E-state index is 0.136. The van der Waals surface area contributed by atoms with Crippen LogP contribution in [0.1, 0.15) is 15.9 Å². The van der Waals surface area contributed by atoms with Gasteiger partial charge in [0.15, 0.2) is 5.82 Å². The van der Waals surface area contributed by atoms with Gasteiger partial charge in [0.2, 0.25) is 0 Å². The van der Waals surface area contributed by atoms with E-state index in [0.29, 0.717) is 12.1 Å². The minimum atomic E-state index is -5.35. The third-order valence-corrected chi connectivity index (χ3v) is 4.23. The Hall–Kier alpha value is -2.75. The van der Waals surface area contributed by atoms with Crippen LogP contribution in [-0.2, 0) is 31.1 Å². The van der Waals surface area contributed by atoms with Crippen molar-refractivity contribution in [2.75, 3.05) is 4.31 Å². The molecule has 0 saturated carbocycles. The molecule has 28 heavy (non-hydrogen) atoms. The van der Waals surface area contributed by atoms with E-state index >= 15 is 0 Å². The van der Waals surface area contributed by atoms with Crippen LogP contribution in [0.25, 0.3) is 0 Å². The van der Waals surface area contributed by atoms with E-state index < -0.39 is 55.5 Å². The van der Waals surface area contributed by atoms with Crippen LogP contribution < -0.4 is 4.31 Å². The molecule has 0 fully saturated rings. The van der Waals surface area contributed by atoms with Crippen molar-refractivity contribution in [2.45, 2.75) is 6.18 Å². The highest BCUT2D eigenvalue weighted by molar-refractivity contribution is 7.87. The van der Waals surface area contributed by atoms with Crippen molar-refractivity contribution in [3.8, 4) is 0 Å². The molecule has 152 valence electrons. The maximum atomic E-state index is 12.9. The molecule has 0 bridgehead atoms. The lowest BCUT2D eigenvalue weighted by molar-refractivity contribution is -0.137. The number of hydrogen-bond acceptors (Lipinski definition) is 7. The van der Waals surface area contributed by atoms with Crippen molar-refractivity contribution in [2.24, 2.45) is 0 Å². The van der Waals surface area contributed by atoms with Crippen LogP contribution in [-0.4, -0.2) is 36.9 Å². The number of rotatable bonds is 5. The van der Waals surface area contributed by atoms with Crippen LogP contribution in [0.4, 0.5) is 24.7 Å². The van der Waals surface area contributed by atoms with E-state index in [9.17, 15) is 39.4 Å². The van der Waals surface area contributed by atoms with E-state index in [0.717, 1.165) is 30.5 Å². The van der Waals surface area contributed by atoms with Gasteiger partial charge in [-0.2, -0.15) is 34.3 Å². The fourth-order valence-corrected chi connectivity index (χ4v) is 3.06. The molecule has 1 aromatic heterocycles. The van der Waals surface area contributed by atoms with Crippen LogP contribution >= 0.6 is 0 Å². The summed E-state index contributed by atoms with van der Waals surface area (Å²) in [5.41, 5.74) is -2.94. The van der Waals surface area contributed by atoms with Gasteiger partial charge in [0.25, 0.3) is 0 Å². The van der Waals surface area contributed by atoms with Crippen molar-refractivity contribution in [1.82, 2.24) is 4.98 Å². The van der Waals surface area contributed by atoms with Crippen LogP contribution in [0.3, 0.4) is 0 Å². The topological polar surface area (TPSA) is 151 Å². The Kier molecular flexibility index (Phi) is 5.65. The molecule has 0 amide bonds. The molecular weight excluding hydrogens is 433 g/mol. The van der Waals surface area contributed by atoms with Crippen molar-refractivity contribution in [1.29, 1.82) is 0 Å². The summed E-state index contributed by atoms with van der Waals surface area (Å²) in [4.78, 5) is 15.4. The number of aromatic nitrogens is 1. The van der Waals surface area contributed by atoms with Gasteiger partial charge in [0, 0.05) is 6.20 Å². The average Bonchev–Trinajstić information content (AvgIpc) is 2.52. The van der Waals surface area contributed by atoms with Gasteiger partial charge >= 0.3 is 32.8 Å². The standard InChI is InChI=1S/C13H9F3N2O8S2/c14-13(15,16)8-3-1-4-9(7-8)18(27(20,21)22)11-10(5-2-6-17-11)12(19)26-28(23,24)25/h1-7H,(H,20,21,22)(H,23,24,25). The molecule has 2 aromatic rings. The van der Waals surface area contributed by atoms with Crippen molar-refractivity contribution < 1.29 is 48.1 Å². The summed E-state index contributed by atoms with van der Waals surface area (Å²) >= 11 is 0. The lowest BCUT2D eigenvalue weighted by atomic mass is 10.2. The van der Waals surface area contributed by atoms with Gasteiger partial charge in [-0.15, -0.1) is 0 Å². The van der Waals surface area contributed by atoms with E-state index in [4.69, 9.17) is 4.55 Å². The number of alkyl halides is 3. The molecule has 0 unspecified atom stereocenters. The zero-order valence-corrected chi connectivity index (χ0v) is 14.9. The number of halogens is 3. The molecule has 2 rings (SSSR count).